The third kappa shape index (κ3) is 4.85. The molecule has 4 N–H and O–H groups in total. The van der Waals surface area contributed by atoms with Gasteiger partial charge in [0.05, 0.1) is 17.7 Å². The van der Waals surface area contributed by atoms with E-state index >= 15 is 0 Å². The maximum absolute atomic E-state index is 12.0. The molecule has 0 bridgehead atoms. The molecule has 128 valence electrons. The van der Waals surface area contributed by atoms with E-state index in [4.69, 9.17) is 21.5 Å². The van der Waals surface area contributed by atoms with Crippen LogP contribution in [0.25, 0.3) is 0 Å². The summed E-state index contributed by atoms with van der Waals surface area (Å²) in [5.41, 5.74) is 1.16. The highest BCUT2D eigenvalue weighted by atomic mass is 35.5. The Hall–Kier alpha value is -2.29. The zero-order valence-electron chi connectivity index (χ0n) is 12.7. The van der Waals surface area contributed by atoms with Gasteiger partial charge in [-0.15, -0.1) is 0 Å². The Morgan fingerprint density at radius 2 is 1.88 bits per heavy atom. The molecule has 0 heterocycles. The number of carbonyl (C=O) groups is 1. The molecule has 7 nitrogen and oxygen atoms in total. The number of benzene rings is 2. The van der Waals surface area contributed by atoms with Crippen molar-refractivity contribution in [2.45, 2.75) is 11.4 Å². The number of halogens is 1. The molecule has 0 saturated carbocycles. The van der Waals surface area contributed by atoms with Gasteiger partial charge in [-0.1, -0.05) is 23.7 Å². The van der Waals surface area contributed by atoms with E-state index in [0.717, 1.165) is 5.56 Å². The van der Waals surface area contributed by atoms with Crippen LogP contribution in [0, 0.1) is 0 Å². The normalized spacial score (nSPS) is 11.0. The minimum absolute atomic E-state index is 0.0133. The predicted octanol–water partition coefficient (Wildman–Crippen LogP) is 2.32. The SMILES string of the molecule is COc1ccc(Cl)cc1NC(=O)NCc1ccc(S(N)(=O)=O)cc1. The number of nitrogens with one attached hydrogen (secondary N) is 2. The number of methoxy groups -OCH3 is 1. The summed E-state index contributed by atoms with van der Waals surface area (Å²) in [7, 11) is -2.24. The molecule has 0 spiro atoms. The number of ether oxygens (including phenoxy) is 1. The maximum atomic E-state index is 12.0. The van der Waals surface area contributed by atoms with E-state index in [1.165, 1.54) is 19.2 Å². The fraction of sp³-hybridized carbons (Fsp3) is 0.133. The van der Waals surface area contributed by atoms with Crippen molar-refractivity contribution in [3.8, 4) is 5.75 Å². The lowest BCUT2D eigenvalue weighted by Gasteiger charge is -2.11. The number of nitrogens with two attached hydrogens (primary N) is 1. The maximum Gasteiger partial charge on any atom is 0.319 e. The van der Waals surface area contributed by atoms with E-state index < -0.39 is 16.1 Å². The topological polar surface area (TPSA) is 111 Å². The average Bonchev–Trinajstić information content (AvgIpc) is 2.53. The number of anilines is 1. The van der Waals surface area contributed by atoms with Gasteiger partial charge in [0.15, 0.2) is 0 Å². The number of carbonyl (C=O) groups excluding carboxylic acids is 1. The van der Waals surface area contributed by atoms with Crippen molar-refractivity contribution in [2.75, 3.05) is 12.4 Å². The molecule has 2 rings (SSSR count). The molecular formula is C15H16ClN3O4S. The van der Waals surface area contributed by atoms with Gasteiger partial charge in [-0.05, 0) is 35.9 Å². The largest absolute Gasteiger partial charge is 0.495 e. The van der Waals surface area contributed by atoms with E-state index in [1.54, 1.807) is 30.3 Å². The summed E-state index contributed by atoms with van der Waals surface area (Å²) in [6, 6.07) is 10.3. The molecule has 0 radical (unpaired) electrons. The fourth-order valence-electron chi connectivity index (χ4n) is 1.92. The van der Waals surface area contributed by atoms with Crippen LogP contribution in [0.15, 0.2) is 47.4 Å². The third-order valence-electron chi connectivity index (χ3n) is 3.11. The third-order valence-corrected chi connectivity index (χ3v) is 4.28. The van der Waals surface area contributed by atoms with Gasteiger partial charge < -0.3 is 15.4 Å². The van der Waals surface area contributed by atoms with Crippen LogP contribution >= 0.6 is 11.6 Å². The van der Waals surface area contributed by atoms with E-state index in [0.29, 0.717) is 16.5 Å². The van der Waals surface area contributed by atoms with Crippen LogP contribution in [0.1, 0.15) is 5.56 Å². The Balaban J connectivity index is 1.97. The molecule has 0 atom stereocenters. The monoisotopic (exact) mass is 369 g/mol. The van der Waals surface area contributed by atoms with Crippen LogP contribution in [0.3, 0.4) is 0 Å². The van der Waals surface area contributed by atoms with Crippen LogP contribution in [-0.2, 0) is 16.6 Å². The molecule has 0 unspecified atom stereocenters. The van der Waals surface area contributed by atoms with Gasteiger partial charge in [0.2, 0.25) is 10.0 Å². The first-order chi connectivity index (χ1) is 11.3. The molecule has 0 fully saturated rings. The Morgan fingerprint density at radius 1 is 1.21 bits per heavy atom. The Morgan fingerprint density at radius 3 is 2.46 bits per heavy atom. The lowest BCUT2D eigenvalue weighted by molar-refractivity contribution is 0.251. The van der Waals surface area contributed by atoms with E-state index in [9.17, 15) is 13.2 Å². The first-order valence-electron chi connectivity index (χ1n) is 6.80. The number of amides is 2. The smallest absolute Gasteiger partial charge is 0.319 e. The zero-order chi connectivity index (χ0) is 17.7. The van der Waals surface area contributed by atoms with Crippen molar-refractivity contribution in [3.63, 3.8) is 0 Å². The minimum atomic E-state index is -3.73. The lowest BCUT2D eigenvalue weighted by atomic mass is 10.2. The molecule has 2 aromatic rings. The second kappa shape index (κ2) is 7.52. The highest BCUT2D eigenvalue weighted by Crippen LogP contribution is 2.27. The van der Waals surface area contributed by atoms with E-state index in [2.05, 4.69) is 10.6 Å². The van der Waals surface area contributed by atoms with E-state index in [-0.39, 0.29) is 11.4 Å². The second-order valence-corrected chi connectivity index (χ2v) is 6.84. The average molecular weight is 370 g/mol. The molecule has 2 amide bonds. The molecule has 0 aliphatic carbocycles. The van der Waals surface area contributed by atoms with Crippen LogP contribution in [0.2, 0.25) is 5.02 Å². The van der Waals surface area contributed by atoms with Crippen molar-refractivity contribution >= 4 is 33.3 Å². The number of urea groups is 1. The molecule has 2 aromatic carbocycles. The first-order valence-corrected chi connectivity index (χ1v) is 8.72. The molecule has 9 heteroatoms. The number of sulfonamides is 1. The van der Waals surface area contributed by atoms with Crippen molar-refractivity contribution in [2.24, 2.45) is 5.14 Å². The zero-order valence-corrected chi connectivity index (χ0v) is 14.3. The molecule has 24 heavy (non-hydrogen) atoms. The number of rotatable bonds is 5. The van der Waals surface area contributed by atoms with Crippen molar-refractivity contribution in [1.29, 1.82) is 0 Å². The van der Waals surface area contributed by atoms with Crippen molar-refractivity contribution < 1.29 is 17.9 Å². The van der Waals surface area contributed by atoms with Gasteiger partial charge >= 0.3 is 6.03 Å². The van der Waals surface area contributed by atoms with Crippen LogP contribution in [0.5, 0.6) is 5.75 Å². The summed E-state index contributed by atoms with van der Waals surface area (Å²) in [6.45, 7) is 0.208. The Bertz CT molecular complexity index is 838. The quantitative estimate of drug-likeness (QED) is 0.750. The summed E-state index contributed by atoms with van der Waals surface area (Å²) >= 11 is 5.90. The standard InChI is InChI=1S/C15H16ClN3O4S/c1-23-14-7-4-11(16)8-13(14)19-15(20)18-9-10-2-5-12(6-3-10)24(17,21)22/h2-8H,9H2,1H3,(H2,17,21,22)(H2,18,19,20). The Labute approximate surface area is 144 Å². The summed E-state index contributed by atoms with van der Waals surface area (Å²) in [5.74, 6) is 0.479. The minimum Gasteiger partial charge on any atom is -0.495 e. The highest BCUT2D eigenvalue weighted by molar-refractivity contribution is 7.89. The van der Waals surface area contributed by atoms with E-state index in [1.807, 2.05) is 0 Å². The molecule has 0 aliphatic rings. The van der Waals surface area contributed by atoms with Crippen molar-refractivity contribution in [3.05, 3.63) is 53.1 Å². The summed E-state index contributed by atoms with van der Waals surface area (Å²) < 4.78 is 27.5. The highest BCUT2D eigenvalue weighted by Gasteiger charge is 2.09. The van der Waals surface area contributed by atoms with Gasteiger partial charge in [0.25, 0.3) is 0 Å². The van der Waals surface area contributed by atoms with Crippen molar-refractivity contribution in [1.82, 2.24) is 5.32 Å². The molecule has 0 aliphatic heterocycles. The predicted molar refractivity (Wildman–Crippen MR) is 91.7 cm³/mol. The van der Waals surface area contributed by atoms with Gasteiger partial charge in [0.1, 0.15) is 5.75 Å². The number of primary sulfonamides is 1. The molecule has 0 aromatic heterocycles. The molecule has 0 saturated heterocycles. The lowest BCUT2D eigenvalue weighted by Crippen LogP contribution is -2.28. The van der Waals surface area contributed by atoms with Crippen LogP contribution in [0.4, 0.5) is 10.5 Å². The fourth-order valence-corrected chi connectivity index (χ4v) is 2.61. The summed E-state index contributed by atoms with van der Waals surface area (Å²) in [6.07, 6.45) is 0. The Kier molecular flexibility index (Phi) is 5.66. The van der Waals surface area contributed by atoms with Crippen LogP contribution < -0.4 is 20.5 Å². The second-order valence-electron chi connectivity index (χ2n) is 4.84. The van der Waals surface area contributed by atoms with Gasteiger partial charge in [-0.25, -0.2) is 18.4 Å². The van der Waals surface area contributed by atoms with Gasteiger partial charge in [-0.3, -0.25) is 0 Å². The molecular weight excluding hydrogens is 354 g/mol. The van der Waals surface area contributed by atoms with Crippen LogP contribution in [-0.4, -0.2) is 21.6 Å². The number of hydrogen-bond donors (Lipinski definition) is 3. The number of hydrogen-bond acceptors (Lipinski definition) is 4. The summed E-state index contributed by atoms with van der Waals surface area (Å²) in [4.78, 5) is 12.0. The first kappa shape index (κ1) is 18.1. The summed E-state index contributed by atoms with van der Waals surface area (Å²) in [5, 5.41) is 10.8. The van der Waals surface area contributed by atoms with Gasteiger partial charge in [0, 0.05) is 11.6 Å². The van der Waals surface area contributed by atoms with Gasteiger partial charge in [-0.2, -0.15) is 0 Å².